The highest BCUT2D eigenvalue weighted by atomic mass is 16.5. The fourth-order valence-electron chi connectivity index (χ4n) is 5.29. The van der Waals surface area contributed by atoms with E-state index in [1.807, 2.05) is 0 Å². The van der Waals surface area contributed by atoms with Crippen molar-refractivity contribution in [3.63, 3.8) is 0 Å². The third-order valence-electron chi connectivity index (χ3n) is 7.10. The summed E-state index contributed by atoms with van der Waals surface area (Å²) in [6, 6.07) is 7.23. The van der Waals surface area contributed by atoms with Crippen molar-refractivity contribution in [2.75, 3.05) is 20.2 Å². The number of fused-ring (bicyclic) bond motifs is 4. The van der Waals surface area contributed by atoms with Crippen LogP contribution in [0, 0.1) is 11.8 Å². The van der Waals surface area contributed by atoms with Gasteiger partial charge in [0, 0.05) is 30.3 Å². The van der Waals surface area contributed by atoms with Gasteiger partial charge in [0.05, 0.1) is 7.11 Å². The minimum absolute atomic E-state index is 0.0620. The van der Waals surface area contributed by atoms with Gasteiger partial charge in [-0.1, -0.05) is 6.07 Å². The summed E-state index contributed by atoms with van der Waals surface area (Å²) >= 11 is 0. The molecule has 0 aromatic heterocycles. The minimum Gasteiger partial charge on any atom is -0.497 e. The molecule has 0 radical (unpaired) electrons. The maximum Gasteiger partial charge on any atom is 0.136 e. The Hall–Kier alpha value is -1.35. The zero-order chi connectivity index (χ0) is 17.0. The van der Waals surface area contributed by atoms with Gasteiger partial charge in [-0.3, -0.25) is 9.69 Å². The monoisotopic (exact) mass is 339 g/mol. The highest BCUT2D eigenvalue weighted by Gasteiger charge is 2.48. The molecule has 1 saturated heterocycles. The molecule has 2 bridgehead atoms. The number of benzene rings is 1. The first-order valence-electron chi connectivity index (χ1n) is 10.1. The molecule has 3 nitrogen and oxygen atoms in total. The number of likely N-dealkylation sites (tertiary alicyclic amines) is 1. The Balaban J connectivity index is 1.49. The largest absolute Gasteiger partial charge is 0.497 e. The van der Waals surface area contributed by atoms with Crippen molar-refractivity contribution in [3.8, 4) is 5.75 Å². The van der Waals surface area contributed by atoms with Crippen LogP contribution in [0.1, 0.15) is 56.1 Å². The second-order valence-corrected chi connectivity index (χ2v) is 8.97. The van der Waals surface area contributed by atoms with Gasteiger partial charge < -0.3 is 4.74 Å². The second-order valence-electron chi connectivity index (χ2n) is 8.97. The van der Waals surface area contributed by atoms with Crippen LogP contribution in [0.25, 0.3) is 0 Å². The zero-order valence-corrected chi connectivity index (χ0v) is 15.3. The van der Waals surface area contributed by atoms with Crippen molar-refractivity contribution in [3.05, 3.63) is 29.3 Å². The van der Waals surface area contributed by atoms with Crippen LogP contribution >= 0.6 is 0 Å². The second kappa shape index (κ2) is 5.84. The van der Waals surface area contributed by atoms with E-state index in [9.17, 15) is 4.79 Å². The summed E-state index contributed by atoms with van der Waals surface area (Å²) in [5, 5.41) is 0. The number of methoxy groups -OCH3 is 1. The van der Waals surface area contributed by atoms with E-state index >= 15 is 0 Å². The molecule has 5 rings (SSSR count). The summed E-state index contributed by atoms with van der Waals surface area (Å²) in [5.41, 5.74) is 2.94. The van der Waals surface area contributed by atoms with Gasteiger partial charge in [0.25, 0.3) is 0 Å². The van der Waals surface area contributed by atoms with Crippen molar-refractivity contribution in [2.45, 2.75) is 62.8 Å². The SMILES string of the molecule is COc1ccc2c(c1)[C@]1(CC(=O)C3CC3)CCN(CC3CC3)C(C2)C1. The molecule has 3 aliphatic carbocycles. The number of ketones is 1. The molecule has 2 atom stereocenters. The maximum absolute atomic E-state index is 12.8. The number of nitrogens with zero attached hydrogens (tertiary/aromatic N) is 1. The zero-order valence-electron chi connectivity index (χ0n) is 15.3. The Morgan fingerprint density at radius 1 is 1.28 bits per heavy atom. The van der Waals surface area contributed by atoms with Gasteiger partial charge in [-0.25, -0.2) is 0 Å². The van der Waals surface area contributed by atoms with Crippen LogP contribution in [-0.2, 0) is 16.6 Å². The quantitative estimate of drug-likeness (QED) is 0.791. The van der Waals surface area contributed by atoms with Gasteiger partial charge >= 0.3 is 0 Å². The lowest BCUT2D eigenvalue weighted by Crippen LogP contribution is -2.54. The Kier molecular flexibility index (Phi) is 3.70. The standard InChI is InChI=1S/C22H29NO2/c1-25-19-7-6-17-10-18-12-22(20(17)11-19,13-21(24)16-4-5-16)8-9-23(18)14-15-2-3-15/h6-7,11,15-16,18H,2-5,8-10,12-14H2,1H3/t18?,22-/m1/s1. The first-order valence-corrected chi connectivity index (χ1v) is 10.1. The molecular formula is C22H29NO2. The maximum atomic E-state index is 12.8. The van der Waals surface area contributed by atoms with Gasteiger partial charge in [-0.15, -0.1) is 0 Å². The summed E-state index contributed by atoms with van der Waals surface area (Å²) in [6.07, 6.45) is 9.28. The van der Waals surface area contributed by atoms with Crippen molar-refractivity contribution in [2.24, 2.45) is 11.8 Å². The van der Waals surface area contributed by atoms with Crippen molar-refractivity contribution in [1.82, 2.24) is 4.90 Å². The average molecular weight is 339 g/mol. The average Bonchev–Trinajstić information content (AvgIpc) is 3.51. The summed E-state index contributed by atoms with van der Waals surface area (Å²) in [5.74, 6) is 2.77. The van der Waals surface area contributed by atoms with Gasteiger partial charge in [0.2, 0.25) is 0 Å². The van der Waals surface area contributed by atoms with Gasteiger partial charge in [0.15, 0.2) is 0 Å². The number of piperidine rings is 1. The summed E-state index contributed by atoms with van der Waals surface area (Å²) in [6.45, 7) is 2.44. The van der Waals surface area contributed by atoms with Crippen molar-refractivity contribution in [1.29, 1.82) is 0 Å². The molecule has 3 heteroatoms. The predicted octanol–water partition coefficient (Wildman–Crippen LogP) is 3.73. The Bertz CT molecular complexity index is 691. The molecule has 3 fully saturated rings. The van der Waals surface area contributed by atoms with Crippen LogP contribution in [0.5, 0.6) is 5.75 Å². The fourth-order valence-corrected chi connectivity index (χ4v) is 5.29. The normalized spacial score (nSPS) is 31.5. The number of carbonyl (C=O) groups is 1. The van der Waals surface area contributed by atoms with Crippen LogP contribution in [0.3, 0.4) is 0 Å². The number of carbonyl (C=O) groups excluding carboxylic acids is 1. The first kappa shape index (κ1) is 15.9. The highest BCUT2D eigenvalue weighted by molar-refractivity contribution is 5.84. The van der Waals surface area contributed by atoms with Crippen LogP contribution in [-0.4, -0.2) is 36.9 Å². The number of rotatable bonds is 6. The van der Waals surface area contributed by atoms with Crippen LogP contribution in [0.4, 0.5) is 0 Å². The van der Waals surface area contributed by atoms with Crippen molar-refractivity contribution < 1.29 is 9.53 Å². The lowest BCUT2D eigenvalue weighted by molar-refractivity contribution is -0.122. The predicted molar refractivity (Wildman–Crippen MR) is 98.0 cm³/mol. The van der Waals surface area contributed by atoms with Gasteiger partial charge in [-0.2, -0.15) is 0 Å². The molecule has 0 spiro atoms. The smallest absolute Gasteiger partial charge is 0.136 e. The molecule has 1 aromatic rings. The number of hydrogen-bond acceptors (Lipinski definition) is 3. The van der Waals surface area contributed by atoms with E-state index in [0.29, 0.717) is 17.7 Å². The van der Waals surface area contributed by atoms with E-state index in [0.717, 1.165) is 50.3 Å². The molecule has 1 unspecified atom stereocenters. The highest BCUT2D eigenvalue weighted by Crippen LogP contribution is 2.50. The van der Waals surface area contributed by atoms with E-state index in [-0.39, 0.29) is 5.41 Å². The van der Waals surface area contributed by atoms with E-state index in [2.05, 4.69) is 23.1 Å². The van der Waals surface area contributed by atoms with Crippen LogP contribution in [0.15, 0.2) is 18.2 Å². The molecule has 1 heterocycles. The van der Waals surface area contributed by atoms with E-state index in [4.69, 9.17) is 4.74 Å². The molecule has 4 aliphatic rings. The van der Waals surface area contributed by atoms with E-state index in [1.165, 1.54) is 36.9 Å². The lowest BCUT2D eigenvalue weighted by Gasteiger charge is -2.51. The number of hydrogen-bond donors (Lipinski definition) is 0. The molecule has 2 saturated carbocycles. The van der Waals surface area contributed by atoms with Crippen molar-refractivity contribution >= 4 is 5.78 Å². The van der Waals surface area contributed by atoms with E-state index in [1.54, 1.807) is 7.11 Å². The topological polar surface area (TPSA) is 29.5 Å². The summed E-state index contributed by atoms with van der Waals surface area (Å²) in [4.78, 5) is 15.5. The molecular weight excluding hydrogens is 310 g/mol. The summed E-state index contributed by atoms with van der Waals surface area (Å²) in [7, 11) is 1.74. The third-order valence-corrected chi connectivity index (χ3v) is 7.10. The van der Waals surface area contributed by atoms with Crippen LogP contribution in [0.2, 0.25) is 0 Å². The lowest BCUT2D eigenvalue weighted by atomic mass is 9.61. The summed E-state index contributed by atoms with van der Waals surface area (Å²) < 4.78 is 5.51. The molecule has 0 N–H and O–H groups in total. The van der Waals surface area contributed by atoms with Gasteiger partial charge in [-0.05, 0) is 80.7 Å². The molecule has 134 valence electrons. The first-order chi connectivity index (χ1) is 12.2. The Morgan fingerprint density at radius 3 is 2.84 bits per heavy atom. The molecule has 0 amide bonds. The van der Waals surface area contributed by atoms with Crippen LogP contribution < -0.4 is 4.74 Å². The Labute approximate surface area is 150 Å². The number of Topliss-reactive ketones (excluding diaryl/α,β-unsaturated/α-hetero) is 1. The molecule has 1 aromatic carbocycles. The van der Waals surface area contributed by atoms with Gasteiger partial charge in [0.1, 0.15) is 11.5 Å². The minimum atomic E-state index is 0.0620. The fraction of sp³-hybridized carbons (Fsp3) is 0.682. The molecule has 1 aliphatic heterocycles. The molecule has 25 heavy (non-hydrogen) atoms. The third kappa shape index (κ3) is 2.91. The van der Waals surface area contributed by atoms with E-state index < -0.39 is 0 Å². The number of ether oxygens (including phenoxy) is 1. The Morgan fingerprint density at radius 2 is 2.12 bits per heavy atom.